The Kier molecular flexibility index (Phi) is 38.6. The molecule has 710 valence electrons. The topological polar surface area (TPSA) is 489 Å². The number of sulfonamides is 3. The molecule has 6 aromatic heterocycles. The molecular formula is C90H112Cl5N19O15S3. The quantitative estimate of drug-likeness (QED) is 0.0115. The Hall–Kier alpha value is -10.0. The maximum Gasteiger partial charge on any atom is 0.410 e. The van der Waals surface area contributed by atoms with Crippen LogP contribution in [0.15, 0.2) is 158 Å². The number of ketones is 3. The van der Waals surface area contributed by atoms with E-state index in [1.165, 1.54) is 42.1 Å². The van der Waals surface area contributed by atoms with Gasteiger partial charge < -0.3 is 61.1 Å². The Morgan fingerprint density at radius 3 is 1.33 bits per heavy atom. The third kappa shape index (κ3) is 29.5. The van der Waals surface area contributed by atoms with Crippen molar-refractivity contribution < 1.29 is 68.9 Å². The molecule has 8 atom stereocenters. The lowest BCUT2D eigenvalue weighted by atomic mass is 9.98. The average molecular weight is 1970 g/mol. The summed E-state index contributed by atoms with van der Waals surface area (Å²) in [6.45, 7) is 18.4. The van der Waals surface area contributed by atoms with Gasteiger partial charge >= 0.3 is 6.09 Å². The number of hydrogen-bond donors (Lipinski definition) is 8. The van der Waals surface area contributed by atoms with Crippen LogP contribution >= 0.6 is 58.0 Å². The second kappa shape index (κ2) is 48.2. The molecule has 5 aromatic carbocycles. The van der Waals surface area contributed by atoms with Gasteiger partial charge in [-0.05, 0) is 184 Å². The van der Waals surface area contributed by atoms with Crippen molar-refractivity contribution >= 4 is 150 Å². The molecule has 42 heteroatoms. The lowest BCUT2D eigenvalue weighted by Crippen LogP contribution is -2.53. The number of rotatable bonds is 20. The van der Waals surface area contributed by atoms with E-state index in [2.05, 4.69) is 60.2 Å². The van der Waals surface area contributed by atoms with Crippen LogP contribution in [0.4, 0.5) is 10.6 Å². The zero-order chi connectivity index (χ0) is 96.7. The summed E-state index contributed by atoms with van der Waals surface area (Å²) >= 11 is 31.1. The van der Waals surface area contributed by atoms with Gasteiger partial charge in [0.05, 0.1) is 85.4 Å². The highest BCUT2D eigenvalue weighted by atomic mass is 35.5. The average Bonchev–Trinajstić information content (AvgIpc) is 1.59. The van der Waals surface area contributed by atoms with Crippen molar-refractivity contribution in [3.63, 3.8) is 0 Å². The zero-order valence-corrected chi connectivity index (χ0v) is 81.5. The number of nitrogens with two attached hydrogens (primary N) is 2. The van der Waals surface area contributed by atoms with E-state index in [1.54, 1.807) is 94.5 Å². The molecule has 4 saturated heterocycles. The van der Waals surface area contributed by atoms with Gasteiger partial charge in [0.15, 0.2) is 17.3 Å². The van der Waals surface area contributed by atoms with Gasteiger partial charge in [-0.3, -0.25) is 14.4 Å². The molecule has 1 amide bonds. The number of nitrogens with zero attached hydrogens (tertiary/aromatic N) is 13. The van der Waals surface area contributed by atoms with Gasteiger partial charge in [-0.1, -0.05) is 126 Å². The Labute approximate surface area is 793 Å². The minimum atomic E-state index is -3.35. The summed E-state index contributed by atoms with van der Waals surface area (Å²) in [4.78, 5) is 88.7. The number of piperidine rings is 4. The fourth-order valence-electron chi connectivity index (χ4n) is 15.1. The number of carbonyl (C=O) groups excluding carboxylic acids is 4. The van der Waals surface area contributed by atoms with E-state index in [4.69, 9.17) is 94.3 Å². The fourth-order valence-corrected chi connectivity index (χ4v) is 20.2. The predicted molar refractivity (Wildman–Crippen MR) is 515 cm³/mol. The monoisotopic (exact) mass is 1970 g/mol. The van der Waals surface area contributed by atoms with Gasteiger partial charge in [-0.15, -0.1) is 0 Å². The van der Waals surface area contributed by atoms with E-state index in [0.29, 0.717) is 126 Å². The van der Waals surface area contributed by atoms with Crippen molar-refractivity contribution in [1.82, 2.24) is 62.7 Å². The van der Waals surface area contributed by atoms with Gasteiger partial charge in [-0.25, -0.2) is 60.0 Å². The van der Waals surface area contributed by atoms with Crippen LogP contribution in [0, 0.1) is 6.92 Å². The minimum Gasteiger partial charge on any atom is -0.457 e. The van der Waals surface area contributed by atoms with Crippen LogP contribution in [-0.2, 0) is 34.8 Å². The molecule has 0 aliphatic carbocycles. The number of likely N-dealkylation sites (tertiary alicyclic amines) is 1. The molecule has 0 radical (unpaired) electrons. The predicted octanol–water partition coefficient (Wildman–Crippen LogP) is 17.1. The highest BCUT2D eigenvalue weighted by Crippen LogP contribution is 2.37. The molecule has 4 aliphatic rings. The van der Waals surface area contributed by atoms with E-state index in [1.807, 2.05) is 115 Å². The number of benzene rings is 5. The molecule has 132 heavy (non-hydrogen) atoms. The molecule has 4 fully saturated rings. The summed E-state index contributed by atoms with van der Waals surface area (Å²) in [5.74, 6) is 2.09. The van der Waals surface area contributed by atoms with Gasteiger partial charge in [0.1, 0.15) is 80.6 Å². The molecule has 8 unspecified atom stereocenters. The molecule has 0 saturated carbocycles. The van der Waals surface area contributed by atoms with Crippen molar-refractivity contribution in [2.45, 2.75) is 193 Å². The van der Waals surface area contributed by atoms with Crippen molar-refractivity contribution in [3.8, 4) is 23.0 Å². The van der Waals surface area contributed by atoms with Crippen molar-refractivity contribution in [2.75, 3.05) is 56.9 Å². The van der Waals surface area contributed by atoms with E-state index in [-0.39, 0.29) is 105 Å². The lowest BCUT2D eigenvalue weighted by Gasteiger charge is -2.38. The van der Waals surface area contributed by atoms with Crippen molar-refractivity contribution in [2.24, 2.45) is 16.6 Å². The van der Waals surface area contributed by atoms with Gasteiger partial charge in [0.25, 0.3) is 0 Å². The van der Waals surface area contributed by atoms with Gasteiger partial charge in [-0.2, -0.15) is 12.9 Å². The van der Waals surface area contributed by atoms with E-state index < -0.39 is 35.7 Å². The number of anilines is 1. The van der Waals surface area contributed by atoms with E-state index in [9.17, 15) is 49.5 Å². The number of aromatic nitrogens is 9. The summed E-state index contributed by atoms with van der Waals surface area (Å²) in [5.41, 5.74) is 24.1. The highest BCUT2D eigenvalue weighted by Gasteiger charge is 2.38. The molecule has 34 nitrogen and oxygen atoms in total. The first kappa shape index (κ1) is 106. The zero-order valence-electron chi connectivity index (χ0n) is 75.2. The molecule has 11 aromatic rings. The second-order valence-corrected chi connectivity index (χ2v) is 40.9. The number of fused-ring (bicyclic) bond motifs is 3. The maximum absolute atomic E-state index is 13.6. The van der Waals surface area contributed by atoms with Gasteiger partial charge in [0.2, 0.25) is 30.1 Å². The minimum absolute atomic E-state index is 0.0116. The normalized spacial score (nSPS) is 19.0. The van der Waals surface area contributed by atoms with Crippen molar-refractivity contribution in [1.29, 1.82) is 0 Å². The summed E-state index contributed by atoms with van der Waals surface area (Å²) in [6, 6.07) is 33.4. The standard InChI is InChI=1S/C27H28ClN5O4S.C19H11Cl2N3O2.C14H9Cl2N3O.C11H22N2O3.C8H16N4O2S.C8H18N2O2S.C3H8O/c1-3-18-10-9-17(15-33(18)38(2,35)36)32-27-24-22(14-29-26(24)30-16-31-27)25(34)21-12-11-20(13-23(21)28)37-19-7-5-4-6-8-19;20-15-8-12(26-11-4-2-1-3-5-11)6-7-13(15)17(25)14-9-22-19-16(14)18(21)23-10-24-19;1-7-2-3-8(10(15)4-7)12(20)9-5-17-14-11(9)13(16)18-6-19-14;1-11(2,3)16-10(15)13-6-8(12)4-5-9(13)7-14;1-3-8-5-4-7(10-11-9)6-12(8)15(2,13)14;1-3-8-5-4-7(9)6-10(8)13(2,11)12;1-3(2)4/h4-8,11-14,16-18H,3,9-10,15H2,1-2H3,(H2,29,30,31,32);1-10H,(H,22,23,24);2-6H,1H3,(H,17,18,19);8-9,14H,4-7,12H2,1-3H3;7-8H,3-6H2,1-2H3;7-8H,3-6,9H2,1-2H3;3-4H,1-2H3. The molecule has 10 heterocycles. The molecule has 10 N–H and O–H groups in total. The summed E-state index contributed by atoms with van der Waals surface area (Å²) in [5, 5.41) is 27.1. The lowest BCUT2D eigenvalue weighted by molar-refractivity contribution is -0.000681. The van der Waals surface area contributed by atoms with Crippen LogP contribution in [0.2, 0.25) is 25.4 Å². The number of aromatic amines is 3. The van der Waals surface area contributed by atoms with E-state index >= 15 is 0 Å². The van der Waals surface area contributed by atoms with Gasteiger partial charge in [0, 0.05) is 121 Å². The maximum atomic E-state index is 13.6. The number of azide groups is 1. The summed E-state index contributed by atoms with van der Waals surface area (Å²) < 4.78 is 91.9. The van der Waals surface area contributed by atoms with Crippen LogP contribution in [0.25, 0.3) is 43.5 Å². The Morgan fingerprint density at radius 2 is 0.909 bits per heavy atom. The molecule has 0 bridgehead atoms. The third-order valence-electron chi connectivity index (χ3n) is 21.6. The third-order valence-corrected chi connectivity index (χ3v) is 27.0. The summed E-state index contributed by atoms with van der Waals surface area (Å²) in [7, 11) is -9.61. The van der Waals surface area contributed by atoms with Crippen LogP contribution in [0.3, 0.4) is 0 Å². The first-order chi connectivity index (χ1) is 62.4. The Morgan fingerprint density at radius 1 is 0.523 bits per heavy atom. The first-order valence-corrected chi connectivity index (χ1v) is 50.1. The largest absolute Gasteiger partial charge is 0.457 e. The fraction of sp³-hybridized carbons (Fsp3) is 0.422. The number of nitrogens with one attached hydrogen (secondary N) is 4. The molecule has 0 spiro atoms. The van der Waals surface area contributed by atoms with Crippen LogP contribution in [-0.4, -0.2) is 233 Å². The number of carbonyl (C=O) groups is 4. The number of hydrogen-bond acceptors (Lipinski definition) is 25. The van der Waals surface area contributed by atoms with Crippen LogP contribution in [0.1, 0.15) is 179 Å². The van der Waals surface area contributed by atoms with Crippen LogP contribution < -0.4 is 26.3 Å². The molecular weight excluding hydrogens is 1860 g/mol. The number of H-pyrrole nitrogens is 3. The number of halogens is 5. The van der Waals surface area contributed by atoms with Crippen LogP contribution in [0.5, 0.6) is 23.0 Å². The van der Waals surface area contributed by atoms with Crippen molar-refractivity contribution in [3.05, 3.63) is 228 Å². The number of aryl methyl sites for hydroxylation is 1. The summed E-state index contributed by atoms with van der Waals surface area (Å²) in [6.07, 6.45) is 20.8. The number of para-hydroxylation sites is 2. The number of aliphatic hydroxyl groups excluding tert-OH is 2. The molecule has 4 aliphatic heterocycles. The number of aliphatic hydroxyl groups is 2. The smallest absolute Gasteiger partial charge is 0.410 e. The Balaban J connectivity index is 0.000000184. The first-order valence-electron chi connectivity index (χ1n) is 42.7. The van der Waals surface area contributed by atoms with E-state index in [0.717, 1.165) is 76.2 Å². The highest BCUT2D eigenvalue weighted by molar-refractivity contribution is 7.88. The molecule has 15 rings (SSSR count). The Bertz CT molecular complexity index is 6190. The SMILES string of the molecule is CC(C)(C)OC(=O)N1CC(N)CCC1CO.CC(C)O.CCC1CCC(N)CN1S(C)(=O)=O.CCC1CCC(N=[N+]=[N-])CN1S(C)(=O)=O.CCC1CCC(Nc2ncnc3[nH]cc(C(=O)c4ccc(Oc5ccccc5)cc4Cl)c23)CN1S(C)(=O)=O.Cc1ccc(C(=O)c2c[nH]c3ncnc(Cl)c23)c(Cl)c1.O=C(c1ccc(Oc2ccccc2)cc1Cl)c1c[nH]c2ncnc(Cl)c12. The number of ether oxygens (including phenoxy) is 3. The second-order valence-electron chi connectivity index (χ2n) is 33.2. The number of amides is 1.